The zero-order valence-corrected chi connectivity index (χ0v) is 11.9. The van der Waals surface area contributed by atoms with E-state index < -0.39 is 6.10 Å². The van der Waals surface area contributed by atoms with Crippen LogP contribution in [-0.4, -0.2) is 29.5 Å². The minimum atomic E-state index is -0.597. The van der Waals surface area contributed by atoms with E-state index in [-0.39, 0.29) is 6.10 Å². The van der Waals surface area contributed by atoms with Crippen molar-refractivity contribution in [1.29, 1.82) is 0 Å². The molecule has 0 saturated heterocycles. The van der Waals surface area contributed by atoms with Gasteiger partial charge in [0.05, 0.1) is 5.71 Å². The molecule has 1 aromatic carbocycles. The Balaban J connectivity index is 1.89. The molecule has 104 valence electrons. The number of rotatable bonds is 5. The molecule has 0 amide bonds. The molecule has 0 radical (unpaired) electrons. The van der Waals surface area contributed by atoms with Gasteiger partial charge in [-0.1, -0.05) is 42.7 Å². The molecular formula is C14H19ClN2O2. The van der Waals surface area contributed by atoms with Crippen LogP contribution in [0.2, 0.25) is 5.02 Å². The first-order valence-corrected chi connectivity index (χ1v) is 6.83. The average Bonchev–Trinajstić information content (AvgIpc) is 2.86. The Hall–Kier alpha value is -1.10. The number of benzene rings is 1. The molecule has 19 heavy (non-hydrogen) atoms. The Morgan fingerprint density at radius 3 is 2.74 bits per heavy atom. The van der Waals surface area contributed by atoms with Crippen molar-refractivity contribution < 1.29 is 9.94 Å². The number of nitrogens with zero attached hydrogens (tertiary/aromatic N) is 1. The lowest BCUT2D eigenvalue weighted by molar-refractivity contribution is 0.0855. The highest BCUT2D eigenvalue weighted by atomic mass is 35.5. The van der Waals surface area contributed by atoms with Crippen LogP contribution in [0.4, 0.5) is 0 Å². The second-order valence-corrected chi connectivity index (χ2v) is 5.45. The third-order valence-electron chi connectivity index (χ3n) is 3.04. The fourth-order valence-corrected chi connectivity index (χ4v) is 2.04. The van der Waals surface area contributed by atoms with Crippen LogP contribution < -0.4 is 5.32 Å². The van der Waals surface area contributed by atoms with Gasteiger partial charge in [-0.2, -0.15) is 0 Å². The number of halogens is 1. The van der Waals surface area contributed by atoms with Crippen molar-refractivity contribution in [2.75, 3.05) is 6.54 Å². The van der Waals surface area contributed by atoms with E-state index in [2.05, 4.69) is 10.5 Å². The molecule has 2 rings (SSSR count). The normalized spacial score (nSPS) is 20.3. The SMILES string of the molecule is CC(C)NC[C@@H](O)C1=NO[C@H](c2ccc(Cl)cc2)C1. The molecular weight excluding hydrogens is 264 g/mol. The van der Waals surface area contributed by atoms with E-state index in [1.54, 1.807) is 0 Å². The molecule has 0 saturated carbocycles. The topological polar surface area (TPSA) is 53.8 Å². The molecule has 4 nitrogen and oxygen atoms in total. The lowest BCUT2D eigenvalue weighted by atomic mass is 10.0. The van der Waals surface area contributed by atoms with Gasteiger partial charge in [0.1, 0.15) is 6.10 Å². The molecule has 0 spiro atoms. The molecule has 2 atom stereocenters. The number of oxime groups is 1. The lowest BCUT2D eigenvalue weighted by Crippen LogP contribution is -2.36. The first-order valence-electron chi connectivity index (χ1n) is 6.45. The Morgan fingerprint density at radius 2 is 2.11 bits per heavy atom. The molecule has 0 fully saturated rings. The molecule has 1 aliphatic heterocycles. The maximum Gasteiger partial charge on any atom is 0.158 e. The lowest BCUT2D eigenvalue weighted by Gasteiger charge is -2.13. The second kappa shape index (κ2) is 6.37. The first kappa shape index (κ1) is 14.3. The number of nitrogens with one attached hydrogen (secondary N) is 1. The van der Waals surface area contributed by atoms with Crippen LogP contribution in [0.1, 0.15) is 31.9 Å². The monoisotopic (exact) mass is 282 g/mol. The van der Waals surface area contributed by atoms with Gasteiger partial charge in [-0.15, -0.1) is 0 Å². The quantitative estimate of drug-likeness (QED) is 0.872. The molecule has 5 heteroatoms. The van der Waals surface area contributed by atoms with Crippen LogP contribution in [0.15, 0.2) is 29.4 Å². The van der Waals surface area contributed by atoms with Crippen molar-refractivity contribution >= 4 is 17.3 Å². The third-order valence-corrected chi connectivity index (χ3v) is 3.29. The van der Waals surface area contributed by atoms with Crippen molar-refractivity contribution in [2.24, 2.45) is 5.16 Å². The summed E-state index contributed by atoms with van der Waals surface area (Å²) >= 11 is 5.85. The van der Waals surface area contributed by atoms with E-state index in [0.717, 1.165) is 5.56 Å². The van der Waals surface area contributed by atoms with Gasteiger partial charge in [0.25, 0.3) is 0 Å². The van der Waals surface area contributed by atoms with Gasteiger partial charge in [0, 0.05) is 24.0 Å². The fourth-order valence-electron chi connectivity index (χ4n) is 1.91. The largest absolute Gasteiger partial charge is 0.387 e. The molecule has 1 heterocycles. The van der Waals surface area contributed by atoms with Crippen molar-refractivity contribution in [3.05, 3.63) is 34.9 Å². The maximum absolute atomic E-state index is 10.0. The van der Waals surface area contributed by atoms with Gasteiger partial charge in [0.2, 0.25) is 0 Å². The Labute approximate surface area is 118 Å². The summed E-state index contributed by atoms with van der Waals surface area (Å²) in [4.78, 5) is 5.38. The number of aliphatic hydroxyl groups excluding tert-OH is 1. The van der Waals surface area contributed by atoms with Crippen molar-refractivity contribution in [3.63, 3.8) is 0 Å². The van der Waals surface area contributed by atoms with Crippen LogP contribution >= 0.6 is 11.6 Å². The number of aliphatic hydroxyl groups is 1. The second-order valence-electron chi connectivity index (χ2n) is 5.01. The summed E-state index contributed by atoms with van der Waals surface area (Å²) in [6.07, 6.45) is -0.108. The van der Waals surface area contributed by atoms with Gasteiger partial charge in [-0.25, -0.2) is 0 Å². The third kappa shape index (κ3) is 3.93. The Kier molecular flexibility index (Phi) is 4.80. The van der Waals surface area contributed by atoms with Crippen LogP contribution in [0.25, 0.3) is 0 Å². The predicted molar refractivity (Wildman–Crippen MR) is 76.5 cm³/mol. The van der Waals surface area contributed by atoms with Gasteiger partial charge >= 0.3 is 0 Å². The van der Waals surface area contributed by atoms with Gasteiger partial charge < -0.3 is 15.3 Å². The first-order chi connectivity index (χ1) is 9.06. The van der Waals surface area contributed by atoms with Gasteiger partial charge in [-0.3, -0.25) is 0 Å². The van der Waals surface area contributed by atoms with Gasteiger partial charge in [-0.05, 0) is 17.7 Å². The van der Waals surface area contributed by atoms with E-state index >= 15 is 0 Å². The fraction of sp³-hybridized carbons (Fsp3) is 0.500. The summed E-state index contributed by atoms with van der Waals surface area (Å²) in [6.45, 7) is 4.57. The maximum atomic E-state index is 10.0. The van der Waals surface area contributed by atoms with Crippen LogP contribution in [0.5, 0.6) is 0 Å². The molecule has 2 N–H and O–H groups in total. The summed E-state index contributed by atoms with van der Waals surface area (Å²) in [5, 5.41) is 17.9. The summed E-state index contributed by atoms with van der Waals surface area (Å²) < 4.78 is 0. The molecule has 0 aromatic heterocycles. The number of hydrogen-bond acceptors (Lipinski definition) is 4. The van der Waals surface area contributed by atoms with Crippen molar-refractivity contribution in [1.82, 2.24) is 5.32 Å². The van der Waals surface area contributed by atoms with Crippen LogP contribution in [-0.2, 0) is 4.84 Å². The molecule has 0 unspecified atom stereocenters. The highest BCUT2D eigenvalue weighted by molar-refractivity contribution is 6.30. The predicted octanol–water partition coefficient (Wildman–Crippen LogP) is 2.52. The van der Waals surface area contributed by atoms with Crippen LogP contribution in [0.3, 0.4) is 0 Å². The van der Waals surface area contributed by atoms with E-state index in [4.69, 9.17) is 16.4 Å². The Bertz CT molecular complexity index is 445. The zero-order valence-electron chi connectivity index (χ0n) is 11.1. The van der Waals surface area contributed by atoms with Crippen molar-refractivity contribution in [3.8, 4) is 0 Å². The van der Waals surface area contributed by atoms with Crippen LogP contribution in [0, 0.1) is 0 Å². The van der Waals surface area contributed by atoms with E-state index in [9.17, 15) is 5.11 Å². The number of hydrogen-bond donors (Lipinski definition) is 2. The summed E-state index contributed by atoms with van der Waals surface area (Å²) in [6, 6.07) is 7.84. The minimum Gasteiger partial charge on any atom is -0.387 e. The molecule has 1 aliphatic rings. The Morgan fingerprint density at radius 1 is 1.42 bits per heavy atom. The molecule has 1 aromatic rings. The highest BCUT2D eigenvalue weighted by Gasteiger charge is 2.27. The standard InChI is InChI=1S/C14H19ClN2O2/c1-9(2)16-8-13(18)12-7-14(19-17-12)10-3-5-11(15)6-4-10/h3-6,9,13-14,16,18H,7-8H2,1-2H3/t13-,14+/m1/s1. The zero-order chi connectivity index (χ0) is 13.8. The summed E-state index contributed by atoms with van der Waals surface area (Å²) in [7, 11) is 0. The van der Waals surface area contributed by atoms with E-state index in [1.165, 1.54) is 0 Å². The van der Waals surface area contributed by atoms with E-state index in [1.807, 2.05) is 38.1 Å². The highest BCUT2D eigenvalue weighted by Crippen LogP contribution is 2.28. The average molecular weight is 283 g/mol. The van der Waals surface area contributed by atoms with Crippen molar-refractivity contribution in [2.45, 2.75) is 38.5 Å². The van der Waals surface area contributed by atoms with E-state index in [0.29, 0.717) is 29.7 Å². The summed E-state index contributed by atoms with van der Waals surface area (Å²) in [5.74, 6) is 0. The molecule has 0 aliphatic carbocycles. The summed E-state index contributed by atoms with van der Waals surface area (Å²) in [5.41, 5.74) is 1.71. The molecule has 0 bridgehead atoms. The minimum absolute atomic E-state index is 0.124. The smallest absolute Gasteiger partial charge is 0.158 e. The van der Waals surface area contributed by atoms with Gasteiger partial charge in [0.15, 0.2) is 6.10 Å².